The Morgan fingerprint density at radius 2 is 2.21 bits per heavy atom. The minimum Gasteiger partial charge on any atom is -0.481 e. The van der Waals surface area contributed by atoms with Crippen LogP contribution in [0.3, 0.4) is 0 Å². The molecule has 1 aromatic heterocycles. The van der Waals surface area contributed by atoms with Gasteiger partial charge in [-0.25, -0.2) is 9.18 Å². The Balaban J connectivity index is 2.10. The van der Waals surface area contributed by atoms with Crippen LogP contribution in [-0.2, 0) is 25.9 Å². The maximum Gasteiger partial charge on any atom is 0.330 e. The molecule has 0 aliphatic carbocycles. The fraction of sp³-hybridized carbons (Fsp3) is 0.545. The number of carbonyl (C=O) groups is 1. The van der Waals surface area contributed by atoms with E-state index in [1.54, 1.807) is 0 Å². The predicted octanol–water partition coefficient (Wildman–Crippen LogP) is -1.46. The number of rotatable bonds is 6. The molecule has 0 amide bonds. The third-order valence-electron chi connectivity index (χ3n) is 3.19. The molecule has 1 saturated heterocycles. The average Bonchev–Trinajstić information content (AvgIpc) is 2.72. The van der Waals surface area contributed by atoms with E-state index < -0.39 is 61.1 Å². The molecular weight excluding hydrogens is 370 g/mol. The van der Waals surface area contributed by atoms with Crippen molar-refractivity contribution in [2.24, 2.45) is 0 Å². The first-order chi connectivity index (χ1) is 11.1. The van der Waals surface area contributed by atoms with Crippen molar-refractivity contribution in [3.63, 3.8) is 0 Å². The van der Waals surface area contributed by atoms with Gasteiger partial charge in [0, 0.05) is 12.3 Å². The summed E-state index contributed by atoms with van der Waals surface area (Å²) >= 11 is 4.62. The number of nitrogens with zero attached hydrogens (tertiary/aromatic N) is 1. The van der Waals surface area contributed by atoms with Crippen molar-refractivity contribution in [3.8, 4) is 0 Å². The largest absolute Gasteiger partial charge is 0.481 e. The number of halogens is 1. The second-order valence-electron chi connectivity index (χ2n) is 5.00. The van der Waals surface area contributed by atoms with Gasteiger partial charge in [0.15, 0.2) is 18.9 Å². The Morgan fingerprint density at radius 3 is 2.79 bits per heavy atom. The topological polar surface area (TPSA) is 151 Å². The monoisotopic (exact) mass is 384 g/mol. The molecule has 1 aliphatic heterocycles. The summed E-state index contributed by atoms with van der Waals surface area (Å²) in [5, 5.41) is 18.4. The summed E-state index contributed by atoms with van der Waals surface area (Å²) in [5.41, 5.74) is -1.61. The molecule has 134 valence electrons. The number of aliphatic carboxylic acids is 1. The van der Waals surface area contributed by atoms with Crippen molar-refractivity contribution in [2.45, 2.75) is 24.6 Å². The number of aliphatic hydroxyl groups excluding tert-OH is 1. The smallest absolute Gasteiger partial charge is 0.330 e. The van der Waals surface area contributed by atoms with Crippen LogP contribution in [0.1, 0.15) is 6.23 Å². The zero-order valence-electron chi connectivity index (χ0n) is 11.9. The van der Waals surface area contributed by atoms with E-state index >= 15 is 0 Å². The van der Waals surface area contributed by atoms with Crippen molar-refractivity contribution < 1.29 is 33.6 Å². The van der Waals surface area contributed by atoms with Gasteiger partial charge in [0.25, 0.3) is 5.56 Å². The number of carboxylic acid groups (broad SMARTS) is 1. The van der Waals surface area contributed by atoms with Crippen LogP contribution < -0.4 is 11.2 Å². The first kappa shape index (κ1) is 18.9. The number of nitrogens with one attached hydrogen (secondary N) is 1. The molecule has 13 heteroatoms. The molecule has 2 heterocycles. The van der Waals surface area contributed by atoms with Crippen molar-refractivity contribution in [3.05, 3.63) is 33.1 Å². The average molecular weight is 384 g/mol. The quantitative estimate of drug-likeness (QED) is 0.431. The molecule has 0 spiro atoms. The lowest BCUT2D eigenvalue weighted by atomic mass is 10.1. The summed E-state index contributed by atoms with van der Waals surface area (Å²) in [6.07, 6.45) is -6.31. The van der Waals surface area contributed by atoms with Crippen LogP contribution in [0, 0.1) is 0 Å². The van der Waals surface area contributed by atoms with Gasteiger partial charge < -0.3 is 24.4 Å². The molecule has 10 nitrogen and oxygen atoms in total. The summed E-state index contributed by atoms with van der Waals surface area (Å²) in [7, 11) is 0. The molecular formula is C11H14FN2O8PS. The number of hydrogen-bond donors (Lipinski definition) is 4. The zero-order chi connectivity index (χ0) is 18.1. The van der Waals surface area contributed by atoms with Gasteiger partial charge in [-0.1, -0.05) is 0 Å². The van der Waals surface area contributed by atoms with E-state index in [4.69, 9.17) is 14.4 Å². The summed E-state index contributed by atoms with van der Waals surface area (Å²) < 4.78 is 25.0. The van der Waals surface area contributed by atoms with E-state index in [0.717, 1.165) is 16.8 Å². The molecule has 0 aromatic carbocycles. The van der Waals surface area contributed by atoms with E-state index in [2.05, 4.69) is 11.8 Å². The molecule has 4 N–H and O–H groups in total. The summed E-state index contributed by atoms with van der Waals surface area (Å²) in [6.45, 7) is -4.21. The highest BCUT2D eigenvalue weighted by Crippen LogP contribution is 2.43. The zero-order valence-corrected chi connectivity index (χ0v) is 13.7. The molecule has 0 radical (unpaired) electrons. The third-order valence-corrected chi connectivity index (χ3v) is 5.12. The number of aliphatic hydroxyl groups is 1. The fourth-order valence-electron chi connectivity index (χ4n) is 2.10. The van der Waals surface area contributed by atoms with Gasteiger partial charge in [0.05, 0.1) is 6.61 Å². The standard InChI is InChI=1S/C11H14FN2O8PS/c12-8-9(18)5(3-21-23(20,24)4-7(16)17)22-10(8)14-2-1-6(15)13-11(14)19/h1-2,5,8-10,18H,3-4H2,(H,16,17)(H,20,24)(H,13,15,19)/t5-,8-,9-,10-,23?/m1/s1. The van der Waals surface area contributed by atoms with Crippen LogP contribution in [0.4, 0.5) is 4.39 Å². The Kier molecular flexibility index (Phi) is 5.68. The van der Waals surface area contributed by atoms with Crippen molar-refractivity contribution in [2.75, 3.05) is 12.8 Å². The van der Waals surface area contributed by atoms with E-state index in [-0.39, 0.29) is 0 Å². The van der Waals surface area contributed by atoms with Crippen LogP contribution in [0.5, 0.6) is 0 Å². The Bertz CT molecular complexity index is 782. The number of H-pyrrole nitrogens is 1. The number of ether oxygens (including phenoxy) is 1. The van der Waals surface area contributed by atoms with Gasteiger partial charge in [-0.3, -0.25) is 19.1 Å². The maximum absolute atomic E-state index is 14.2. The highest BCUT2D eigenvalue weighted by molar-refractivity contribution is 8.09. The van der Waals surface area contributed by atoms with Crippen molar-refractivity contribution in [1.29, 1.82) is 0 Å². The number of carboxylic acids is 1. The molecule has 1 aromatic rings. The summed E-state index contributed by atoms with van der Waals surface area (Å²) in [4.78, 5) is 44.8. The van der Waals surface area contributed by atoms with Crippen molar-refractivity contribution in [1.82, 2.24) is 9.55 Å². The van der Waals surface area contributed by atoms with Gasteiger partial charge in [-0.05, 0) is 11.8 Å². The van der Waals surface area contributed by atoms with Gasteiger partial charge in [0.2, 0.25) is 0 Å². The molecule has 1 fully saturated rings. The van der Waals surface area contributed by atoms with E-state index in [9.17, 15) is 28.8 Å². The number of aromatic amines is 1. The molecule has 1 aliphatic rings. The predicted molar refractivity (Wildman–Crippen MR) is 81.1 cm³/mol. The van der Waals surface area contributed by atoms with E-state index in [0.29, 0.717) is 0 Å². The van der Waals surface area contributed by atoms with Gasteiger partial charge in [0.1, 0.15) is 18.4 Å². The number of aromatic nitrogens is 2. The minimum absolute atomic E-state index is 0.558. The molecule has 5 atom stereocenters. The molecule has 1 unspecified atom stereocenters. The lowest BCUT2D eigenvalue weighted by molar-refractivity contribution is -0.134. The van der Waals surface area contributed by atoms with Crippen LogP contribution in [0.15, 0.2) is 21.9 Å². The minimum atomic E-state index is -3.65. The van der Waals surface area contributed by atoms with E-state index in [1.807, 2.05) is 4.98 Å². The van der Waals surface area contributed by atoms with E-state index in [1.165, 1.54) is 0 Å². The maximum atomic E-state index is 14.2. The van der Waals surface area contributed by atoms with Crippen molar-refractivity contribution >= 4 is 24.3 Å². The second kappa shape index (κ2) is 7.21. The third kappa shape index (κ3) is 4.35. The highest BCUT2D eigenvalue weighted by Gasteiger charge is 2.46. The Morgan fingerprint density at radius 1 is 1.54 bits per heavy atom. The SMILES string of the molecule is O=C(O)CP(O)(=S)OC[C@H]1O[C@@H](n2ccc(=O)[nH]c2=O)[C@H](F)[C@@H]1O. The summed E-state index contributed by atoms with van der Waals surface area (Å²) in [6, 6.07) is 0.980. The van der Waals surface area contributed by atoms with Crippen LogP contribution in [0.2, 0.25) is 0 Å². The molecule has 0 saturated carbocycles. The first-order valence-electron chi connectivity index (χ1n) is 6.58. The normalized spacial score (nSPS) is 29.3. The second-order valence-corrected chi connectivity index (χ2v) is 8.56. The van der Waals surface area contributed by atoms with Gasteiger partial charge >= 0.3 is 11.7 Å². The lowest BCUT2D eigenvalue weighted by Crippen LogP contribution is -2.35. The molecule has 0 bridgehead atoms. The van der Waals surface area contributed by atoms with Gasteiger partial charge in [-0.2, -0.15) is 0 Å². The first-order valence-corrected chi connectivity index (χ1v) is 9.44. The fourth-order valence-corrected chi connectivity index (χ4v) is 3.43. The number of hydrogen-bond acceptors (Lipinski definition) is 7. The van der Waals surface area contributed by atoms with Gasteiger partial charge in [-0.15, -0.1) is 0 Å². The Labute approximate surface area is 138 Å². The highest BCUT2D eigenvalue weighted by atomic mass is 32.5. The van der Waals surface area contributed by atoms with Crippen LogP contribution in [-0.4, -0.2) is 61.8 Å². The lowest BCUT2D eigenvalue weighted by Gasteiger charge is -2.19. The molecule has 2 rings (SSSR count). The molecule has 24 heavy (non-hydrogen) atoms. The van der Waals surface area contributed by atoms with Crippen LogP contribution >= 0.6 is 6.49 Å². The van der Waals surface area contributed by atoms with Crippen LogP contribution in [0.25, 0.3) is 0 Å². The Hall–Kier alpha value is -1.43. The summed E-state index contributed by atoms with van der Waals surface area (Å²) in [5.74, 6) is -1.37. The number of alkyl halides is 1.